The molecule has 3 atom stereocenters. The van der Waals surface area contributed by atoms with Crippen molar-refractivity contribution in [2.45, 2.75) is 39.2 Å². The largest absolute Gasteiger partial charge is 0.329 e. The summed E-state index contributed by atoms with van der Waals surface area (Å²) in [4.78, 5) is 2.44. The average Bonchev–Trinajstić information content (AvgIpc) is 2.09. The van der Waals surface area contributed by atoms with Crippen molar-refractivity contribution in [1.82, 2.24) is 4.90 Å². The summed E-state index contributed by atoms with van der Waals surface area (Å²) in [7, 11) is 2.21. The van der Waals surface area contributed by atoms with Crippen LogP contribution >= 0.6 is 0 Å². The normalized spacial score (nSPS) is 35.3. The van der Waals surface area contributed by atoms with Crippen LogP contribution in [-0.2, 0) is 0 Å². The van der Waals surface area contributed by atoms with Crippen molar-refractivity contribution in [2.75, 3.05) is 20.1 Å². The Kier molecular flexibility index (Phi) is 4.20. The van der Waals surface area contributed by atoms with Gasteiger partial charge < -0.3 is 10.6 Å². The first-order chi connectivity index (χ1) is 6.15. The molecular weight excluding hydrogens is 160 g/mol. The van der Waals surface area contributed by atoms with Gasteiger partial charge in [0.2, 0.25) is 0 Å². The zero-order valence-electron chi connectivity index (χ0n) is 9.29. The SMILES string of the molecule is CC1CCC(C)C(N(C)CCN)C1. The molecule has 0 aromatic rings. The van der Waals surface area contributed by atoms with E-state index in [1.54, 1.807) is 0 Å². The smallest absolute Gasteiger partial charge is 0.0121 e. The number of hydrogen-bond donors (Lipinski definition) is 1. The molecule has 2 heteroatoms. The van der Waals surface area contributed by atoms with Gasteiger partial charge in [0.15, 0.2) is 0 Å². The molecule has 1 aliphatic rings. The van der Waals surface area contributed by atoms with Gasteiger partial charge in [-0.05, 0) is 31.7 Å². The Hall–Kier alpha value is -0.0800. The van der Waals surface area contributed by atoms with E-state index in [4.69, 9.17) is 5.73 Å². The summed E-state index contributed by atoms with van der Waals surface area (Å²) >= 11 is 0. The van der Waals surface area contributed by atoms with Crippen LogP contribution in [0.5, 0.6) is 0 Å². The van der Waals surface area contributed by atoms with Gasteiger partial charge in [-0.15, -0.1) is 0 Å². The van der Waals surface area contributed by atoms with Crippen molar-refractivity contribution in [3.63, 3.8) is 0 Å². The van der Waals surface area contributed by atoms with E-state index >= 15 is 0 Å². The molecule has 0 aromatic carbocycles. The monoisotopic (exact) mass is 184 g/mol. The van der Waals surface area contributed by atoms with Gasteiger partial charge in [0.05, 0.1) is 0 Å². The molecule has 1 aliphatic carbocycles. The summed E-state index contributed by atoms with van der Waals surface area (Å²) in [6, 6.07) is 0.771. The van der Waals surface area contributed by atoms with Gasteiger partial charge in [-0.1, -0.05) is 20.3 Å². The van der Waals surface area contributed by atoms with Crippen molar-refractivity contribution < 1.29 is 0 Å². The lowest BCUT2D eigenvalue weighted by Crippen LogP contribution is -2.42. The molecule has 0 radical (unpaired) electrons. The van der Waals surface area contributed by atoms with E-state index in [1.807, 2.05) is 0 Å². The zero-order valence-corrected chi connectivity index (χ0v) is 9.29. The highest BCUT2D eigenvalue weighted by Gasteiger charge is 2.27. The standard InChI is InChI=1S/C11H24N2/c1-9-4-5-10(2)11(8-9)13(3)7-6-12/h9-11H,4-8,12H2,1-3H3. The third-order valence-corrected chi connectivity index (χ3v) is 3.46. The Morgan fingerprint density at radius 3 is 2.62 bits per heavy atom. The van der Waals surface area contributed by atoms with E-state index in [2.05, 4.69) is 25.8 Å². The molecule has 0 heterocycles. The van der Waals surface area contributed by atoms with Gasteiger partial charge in [-0.2, -0.15) is 0 Å². The maximum absolute atomic E-state index is 5.57. The highest BCUT2D eigenvalue weighted by atomic mass is 15.1. The molecule has 0 spiro atoms. The minimum absolute atomic E-state index is 0.771. The van der Waals surface area contributed by atoms with Crippen molar-refractivity contribution >= 4 is 0 Å². The van der Waals surface area contributed by atoms with Crippen LogP contribution < -0.4 is 5.73 Å². The summed E-state index contributed by atoms with van der Waals surface area (Å²) in [5, 5.41) is 0. The lowest BCUT2D eigenvalue weighted by Gasteiger charge is -2.38. The van der Waals surface area contributed by atoms with E-state index in [0.29, 0.717) is 0 Å². The highest BCUT2D eigenvalue weighted by molar-refractivity contribution is 4.82. The van der Waals surface area contributed by atoms with E-state index in [9.17, 15) is 0 Å². The Labute approximate surface area is 82.5 Å². The predicted octanol–water partition coefficient (Wildman–Crippen LogP) is 1.70. The first-order valence-electron chi connectivity index (χ1n) is 5.55. The number of nitrogens with two attached hydrogens (primary N) is 1. The molecule has 1 fully saturated rings. The van der Waals surface area contributed by atoms with Gasteiger partial charge in [-0.25, -0.2) is 0 Å². The molecule has 1 saturated carbocycles. The lowest BCUT2D eigenvalue weighted by atomic mass is 9.79. The molecule has 2 nitrogen and oxygen atoms in total. The summed E-state index contributed by atoms with van der Waals surface area (Å²) in [6.45, 7) is 6.58. The van der Waals surface area contributed by atoms with E-state index in [-0.39, 0.29) is 0 Å². The van der Waals surface area contributed by atoms with Gasteiger partial charge >= 0.3 is 0 Å². The highest BCUT2D eigenvalue weighted by Crippen LogP contribution is 2.30. The van der Waals surface area contributed by atoms with Crippen LogP contribution in [0, 0.1) is 11.8 Å². The molecule has 0 bridgehead atoms. The maximum atomic E-state index is 5.57. The first kappa shape index (κ1) is 11.0. The Morgan fingerprint density at radius 2 is 2.00 bits per heavy atom. The molecule has 0 saturated heterocycles. The molecular formula is C11H24N2. The maximum Gasteiger partial charge on any atom is 0.0121 e. The van der Waals surface area contributed by atoms with Gasteiger partial charge in [0.25, 0.3) is 0 Å². The molecule has 2 N–H and O–H groups in total. The molecule has 0 aromatic heterocycles. The molecule has 78 valence electrons. The Bertz CT molecular complexity index is 147. The van der Waals surface area contributed by atoms with Crippen molar-refractivity contribution in [2.24, 2.45) is 17.6 Å². The van der Waals surface area contributed by atoms with Crippen LogP contribution in [0.1, 0.15) is 33.1 Å². The van der Waals surface area contributed by atoms with Gasteiger partial charge in [0.1, 0.15) is 0 Å². The Balaban J connectivity index is 2.44. The van der Waals surface area contributed by atoms with E-state index in [1.165, 1.54) is 19.3 Å². The van der Waals surface area contributed by atoms with Crippen molar-refractivity contribution in [3.05, 3.63) is 0 Å². The second-order valence-electron chi connectivity index (χ2n) is 4.73. The zero-order chi connectivity index (χ0) is 9.84. The van der Waals surface area contributed by atoms with Crippen molar-refractivity contribution in [3.8, 4) is 0 Å². The topological polar surface area (TPSA) is 29.3 Å². The second-order valence-corrected chi connectivity index (χ2v) is 4.73. The van der Waals surface area contributed by atoms with Crippen LogP contribution in [-0.4, -0.2) is 31.1 Å². The number of nitrogens with zero attached hydrogens (tertiary/aromatic N) is 1. The number of likely N-dealkylation sites (N-methyl/N-ethyl adjacent to an activating group) is 1. The molecule has 3 unspecified atom stereocenters. The summed E-state index contributed by atoms with van der Waals surface area (Å²) in [5.41, 5.74) is 5.57. The lowest BCUT2D eigenvalue weighted by molar-refractivity contribution is 0.117. The second kappa shape index (κ2) is 4.97. The van der Waals surface area contributed by atoms with Gasteiger partial charge in [0, 0.05) is 19.1 Å². The fourth-order valence-corrected chi connectivity index (χ4v) is 2.49. The third kappa shape index (κ3) is 2.96. The molecule has 13 heavy (non-hydrogen) atoms. The number of rotatable bonds is 3. The van der Waals surface area contributed by atoms with Crippen LogP contribution in [0.15, 0.2) is 0 Å². The average molecular weight is 184 g/mol. The van der Waals surface area contributed by atoms with Crippen LogP contribution in [0.4, 0.5) is 0 Å². The minimum atomic E-state index is 0.771. The first-order valence-corrected chi connectivity index (χ1v) is 5.55. The Morgan fingerprint density at radius 1 is 1.31 bits per heavy atom. The minimum Gasteiger partial charge on any atom is -0.329 e. The number of hydrogen-bond acceptors (Lipinski definition) is 2. The van der Waals surface area contributed by atoms with E-state index < -0.39 is 0 Å². The fourth-order valence-electron chi connectivity index (χ4n) is 2.49. The summed E-state index contributed by atoms with van der Waals surface area (Å²) in [5.74, 6) is 1.76. The van der Waals surface area contributed by atoms with Gasteiger partial charge in [-0.3, -0.25) is 0 Å². The quantitative estimate of drug-likeness (QED) is 0.723. The van der Waals surface area contributed by atoms with Crippen LogP contribution in [0.2, 0.25) is 0 Å². The summed E-state index contributed by atoms with van der Waals surface area (Å²) in [6.07, 6.45) is 4.16. The summed E-state index contributed by atoms with van der Waals surface area (Å²) < 4.78 is 0. The van der Waals surface area contributed by atoms with Crippen LogP contribution in [0.3, 0.4) is 0 Å². The van der Waals surface area contributed by atoms with Crippen LogP contribution in [0.25, 0.3) is 0 Å². The fraction of sp³-hybridized carbons (Fsp3) is 1.00. The van der Waals surface area contributed by atoms with Crippen molar-refractivity contribution in [1.29, 1.82) is 0 Å². The predicted molar refractivity (Wildman–Crippen MR) is 57.7 cm³/mol. The molecule has 0 aliphatic heterocycles. The molecule has 1 rings (SSSR count). The third-order valence-electron chi connectivity index (χ3n) is 3.46. The molecule has 0 amide bonds. The van der Waals surface area contributed by atoms with E-state index in [0.717, 1.165) is 31.0 Å².